The van der Waals surface area contributed by atoms with Crippen molar-refractivity contribution in [1.82, 2.24) is 0 Å². The van der Waals surface area contributed by atoms with Crippen molar-refractivity contribution >= 4 is 35.0 Å². The van der Waals surface area contributed by atoms with Crippen molar-refractivity contribution in [3.05, 3.63) is 95.0 Å². The topological polar surface area (TPSA) is 123 Å². The maximum Gasteiger partial charge on any atom is 0.238 e. The molecule has 4 N–H and O–H groups in total. The number of benzene rings is 2. The predicted molar refractivity (Wildman–Crippen MR) is 176 cm³/mol. The molecule has 1 fully saturated rings. The first-order chi connectivity index (χ1) is 21.9. The summed E-state index contributed by atoms with van der Waals surface area (Å²) < 4.78 is 5.66. The number of fused-ring (bicyclic) bond motifs is 1. The smallest absolute Gasteiger partial charge is 0.238 e. The van der Waals surface area contributed by atoms with Gasteiger partial charge in [-0.05, 0) is 92.3 Å². The number of furan rings is 1. The first-order valence-electron chi connectivity index (χ1n) is 16.1. The van der Waals surface area contributed by atoms with Gasteiger partial charge in [0.15, 0.2) is 0 Å². The van der Waals surface area contributed by atoms with Gasteiger partial charge in [0.2, 0.25) is 11.8 Å². The Morgan fingerprint density at radius 1 is 0.956 bits per heavy atom. The van der Waals surface area contributed by atoms with E-state index in [9.17, 15) is 24.9 Å². The molecule has 4 atom stereocenters. The Balaban J connectivity index is 1.35. The minimum Gasteiger partial charge on any atom is -0.459 e. The number of allylic oxidation sites excluding steroid dienone is 2. The molecule has 1 aliphatic heterocycles. The number of rotatable bonds is 14. The van der Waals surface area contributed by atoms with E-state index in [1.807, 2.05) is 54.6 Å². The summed E-state index contributed by atoms with van der Waals surface area (Å²) in [4.78, 5) is 29.0. The molecule has 2 aliphatic rings. The molecule has 5 rings (SSSR count). The third kappa shape index (κ3) is 7.14. The lowest BCUT2D eigenvalue weighted by Gasteiger charge is -2.36. The molecule has 1 aromatic heterocycles. The summed E-state index contributed by atoms with van der Waals surface area (Å²) in [5.74, 6) is -1.32. The molecule has 2 aromatic carbocycles. The number of para-hydroxylation sites is 1. The molecule has 8 heteroatoms. The predicted octanol–water partition coefficient (Wildman–Crippen LogP) is 6.75. The summed E-state index contributed by atoms with van der Waals surface area (Å²) in [6.45, 7) is 3.67. The number of nitrogens with one attached hydrogen (secondary N) is 1. The molecule has 0 radical (unpaired) electrons. The average molecular weight is 613 g/mol. The number of carbonyl (C=O) groups excluding carboxylic acids is 2. The molecule has 0 spiro atoms. The number of carbonyl (C=O) groups is 2. The third-order valence-electron chi connectivity index (χ3n) is 8.97. The van der Waals surface area contributed by atoms with Crippen molar-refractivity contribution in [2.24, 2.45) is 17.8 Å². The van der Waals surface area contributed by atoms with E-state index in [1.165, 1.54) is 4.90 Å². The molecular weight excluding hydrogens is 568 g/mol. The van der Waals surface area contributed by atoms with Crippen LogP contribution < -0.4 is 10.2 Å². The summed E-state index contributed by atoms with van der Waals surface area (Å²) in [6, 6.07) is 20.6. The highest BCUT2D eigenvalue weighted by molar-refractivity contribution is 6.22. The lowest BCUT2D eigenvalue weighted by molar-refractivity contribution is -0.123. The molecule has 1 aliphatic carbocycles. The summed E-state index contributed by atoms with van der Waals surface area (Å²) in [5, 5.41) is 35.0. The van der Waals surface area contributed by atoms with Crippen LogP contribution in [-0.4, -0.2) is 39.8 Å². The van der Waals surface area contributed by atoms with Crippen molar-refractivity contribution < 1.29 is 29.3 Å². The van der Waals surface area contributed by atoms with E-state index in [4.69, 9.17) is 4.42 Å². The quantitative estimate of drug-likeness (QED) is 0.117. The Hall–Kier alpha value is -3.98. The second-order valence-electron chi connectivity index (χ2n) is 12.1. The molecular formula is C37H44N2O6. The number of aliphatic hydroxyl groups is 3. The minimum atomic E-state index is -0.852. The van der Waals surface area contributed by atoms with Gasteiger partial charge in [0.05, 0.1) is 30.2 Å². The van der Waals surface area contributed by atoms with Crippen LogP contribution in [0.4, 0.5) is 17.1 Å². The van der Waals surface area contributed by atoms with Crippen LogP contribution in [0.25, 0.3) is 6.08 Å². The van der Waals surface area contributed by atoms with Crippen molar-refractivity contribution in [2.45, 2.75) is 71.5 Å². The summed E-state index contributed by atoms with van der Waals surface area (Å²) in [5.41, 5.74) is 5.10. The van der Waals surface area contributed by atoms with Gasteiger partial charge in [-0.2, -0.15) is 0 Å². The lowest BCUT2D eigenvalue weighted by atomic mass is 9.67. The summed E-state index contributed by atoms with van der Waals surface area (Å²) in [7, 11) is 0. The molecule has 2 amide bonds. The van der Waals surface area contributed by atoms with Gasteiger partial charge in [0.25, 0.3) is 0 Å². The molecule has 1 saturated heterocycles. The van der Waals surface area contributed by atoms with Crippen LogP contribution in [0.1, 0.15) is 70.3 Å². The number of hydrogen-bond donors (Lipinski definition) is 4. The fourth-order valence-electron chi connectivity index (χ4n) is 6.96. The van der Waals surface area contributed by atoms with E-state index < -0.39 is 23.9 Å². The van der Waals surface area contributed by atoms with Crippen LogP contribution in [0.3, 0.4) is 0 Å². The zero-order valence-corrected chi connectivity index (χ0v) is 26.1. The highest BCUT2D eigenvalue weighted by Gasteiger charge is 2.55. The van der Waals surface area contributed by atoms with Gasteiger partial charge < -0.3 is 25.1 Å². The first kappa shape index (κ1) is 32.4. The highest BCUT2D eigenvalue weighted by atomic mass is 16.4. The molecule has 0 saturated carbocycles. The molecule has 8 nitrogen and oxygen atoms in total. The summed E-state index contributed by atoms with van der Waals surface area (Å²) >= 11 is 0. The Morgan fingerprint density at radius 2 is 1.69 bits per heavy atom. The molecule has 2 heterocycles. The van der Waals surface area contributed by atoms with Crippen molar-refractivity contribution in [1.29, 1.82) is 0 Å². The molecule has 3 aromatic rings. The van der Waals surface area contributed by atoms with E-state index in [1.54, 1.807) is 18.2 Å². The van der Waals surface area contributed by atoms with E-state index in [0.29, 0.717) is 42.9 Å². The van der Waals surface area contributed by atoms with Crippen LogP contribution in [-0.2, 0) is 16.2 Å². The second kappa shape index (κ2) is 14.9. The van der Waals surface area contributed by atoms with E-state index in [2.05, 4.69) is 19.2 Å². The molecule has 238 valence electrons. The normalized spacial score (nSPS) is 21.0. The number of amides is 2. The van der Waals surface area contributed by atoms with Crippen LogP contribution >= 0.6 is 0 Å². The van der Waals surface area contributed by atoms with Gasteiger partial charge in [-0.3, -0.25) is 14.5 Å². The maximum absolute atomic E-state index is 13.9. The van der Waals surface area contributed by atoms with Gasteiger partial charge in [-0.25, -0.2) is 0 Å². The number of anilines is 3. The monoisotopic (exact) mass is 612 g/mol. The van der Waals surface area contributed by atoms with Crippen LogP contribution in [0.15, 0.2) is 87.9 Å². The van der Waals surface area contributed by atoms with E-state index in [0.717, 1.165) is 47.4 Å². The van der Waals surface area contributed by atoms with Crippen molar-refractivity contribution in [2.75, 3.05) is 16.8 Å². The Labute approximate surface area is 265 Å². The zero-order valence-electron chi connectivity index (χ0n) is 26.1. The minimum absolute atomic E-state index is 0.163. The van der Waals surface area contributed by atoms with Gasteiger partial charge in [0, 0.05) is 17.3 Å². The fourth-order valence-corrected chi connectivity index (χ4v) is 6.96. The number of hydrogen-bond acceptors (Lipinski definition) is 7. The Morgan fingerprint density at radius 3 is 2.33 bits per heavy atom. The van der Waals surface area contributed by atoms with E-state index in [-0.39, 0.29) is 25.0 Å². The van der Waals surface area contributed by atoms with Gasteiger partial charge >= 0.3 is 0 Å². The molecule has 45 heavy (non-hydrogen) atoms. The van der Waals surface area contributed by atoms with E-state index >= 15 is 0 Å². The zero-order chi connectivity index (χ0) is 31.9. The summed E-state index contributed by atoms with van der Waals surface area (Å²) in [6.07, 6.45) is 5.85. The lowest BCUT2D eigenvalue weighted by Crippen LogP contribution is -2.39. The molecule has 0 bridgehead atoms. The SMILES string of the molecule is CCCC1=C([C@H](O)CC/C(=C/c2ccc(CO)o2)CCC)[C@H](CO)[C@@H]2C(=O)N(c3ccc(Nc4ccccc4)cc3)C(=O)[C@@H]2C1. The van der Waals surface area contributed by atoms with Crippen LogP contribution in [0.5, 0.6) is 0 Å². The van der Waals surface area contributed by atoms with Gasteiger partial charge in [-0.1, -0.05) is 56.0 Å². The molecule has 0 unspecified atom stereocenters. The fraction of sp³-hybridized carbons (Fsp3) is 0.405. The number of nitrogens with zero attached hydrogens (tertiary/aromatic N) is 1. The standard InChI is InChI=1S/C37H44N2O6/c1-3-8-24(20-29-17-18-30(22-40)45-29)12-19-33(42)34-25(9-4-2)21-31-35(32(34)23-41)37(44)39(36(31)43)28-15-13-27(14-16-28)38-26-10-6-5-7-11-26/h5-7,10-11,13-18,20,31-33,35,38,40-42H,3-4,8-9,12,19,21-23H2,1-2H3/b24-20+/t31-,32+,33-,35-/m1/s1. The van der Waals surface area contributed by atoms with Gasteiger partial charge in [-0.15, -0.1) is 0 Å². The highest BCUT2D eigenvalue weighted by Crippen LogP contribution is 2.48. The maximum atomic E-state index is 13.9. The van der Waals surface area contributed by atoms with Crippen LogP contribution in [0, 0.1) is 17.8 Å². The Bertz CT molecular complexity index is 1520. The van der Waals surface area contributed by atoms with Crippen molar-refractivity contribution in [3.63, 3.8) is 0 Å². The number of imide groups is 1. The largest absolute Gasteiger partial charge is 0.459 e. The van der Waals surface area contributed by atoms with Gasteiger partial charge in [0.1, 0.15) is 18.1 Å². The van der Waals surface area contributed by atoms with Crippen LogP contribution in [0.2, 0.25) is 0 Å². The first-order valence-corrected chi connectivity index (χ1v) is 16.1. The van der Waals surface area contributed by atoms with Crippen molar-refractivity contribution in [3.8, 4) is 0 Å². The Kier molecular flexibility index (Phi) is 10.7. The second-order valence-corrected chi connectivity index (χ2v) is 12.1. The third-order valence-corrected chi connectivity index (χ3v) is 8.97. The average Bonchev–Trinajstić information content (AvgIpc) is 3.61. The number of aliphatic hydroxyl groups excluding tert-OH is 3.